The number of rotatable bonds is 5. The second-order valence-electron chi connectivity index (χ2n) is 5.16. The maximum Gasteiger partial charge on any atom is 0.389 e. The van der Waals surface area contributed by atoms with Crippen molar-refractivity contribution in [1.29, 1.82) is 0 Å². The minimum absolute atomic E-state index is 0.0274. The molecule has 0 amide bonds. The van der Waals surface area contributed by atoms with Crippen LogP contribution in [-0.2, 0) is 4.74 Å². The Morgan fingerprint density at radius 3 is 2.65 bits per heavy atom. The number of hydrogen-bond acceptors (Lipinski definition) is 2. The Labute approximate surface area is 101 Å². The third kappa shape index (κ3) is 5.25. The number of hydrogen-bond donors (Lipinski definition) is 1. The fourth-order valence-electron chi connectivity index (χ4n) is 2.55. The van der Waals surface area contributed by atoms with Crippen LogP contribution in [-0.4, -0.2) is 24.9 Å². The van der Waals surface area contributed by atoms with Gasteiger partial charge in [0.05, 0.1) is 5.60 Å². The highest BCUT2D eigenvalue weighted by atomic mass is 19.4. The van der Waals surface area contributed by atoms with Gasteiger partial charge >= 0.3 is 6.18 Å². The lowest BCUT2D eigenvalue weighted by Gasteiger charge is -2.39. The van der Waals surface area contributed by atoms with Crippen LogP contribution in [0.3, 0.4) is 0 Å². The summed E-state index contributed by atoms with van der Waals surface area (Å²) in [6.07, 6.45) is -0.872. The van der Waals surface area contributed by atoms with E-state index in [1.165, 1.54) is 0 Å². The van der Waals surface area contributed by atoms with E-state index in [2.05, 4.69) is 6.92 Å². The summed E-state index contributed by atoms with van der Waals surface area (Å²) in [5.41, 5.74) is 5.35. The predicted molar refractivity (Wildman–Crippen MR) is 60.7 cm³/mol. The summed E-state index contributed by atoms with van der Waals surface area (Å²) in [5.74, 6) is 0.551. The Balaban J connectivity index is 2.31. The molecule has 0 aromatic heterocycles. The van der Waals surface area contributed by atoms with Crippen molar-refractivity contribution in [1.82, 2.24) is 0 Å². The maximum atomic E-state index is 12.0. The topological polar surface area (TPSA) is 35.2 Å². The van der Waals surface area contributed by atoms with Gasteiger partial charge in [0.2, 0.25) is 0 Å². The van der Waals surface area contributed by atoms with Gasteiger partial charge in [-0.15, -0.1) is 0 Å². The van der Waals surface area contributed by atoms with Gasteiger partial charge in [-0.3, -0.25) is 0 Å². The van der Waals surface area contributed by atoms with Crippen LogP contribution < -0.4 is 5.73 Å². The van der Waals surface area contributed by atoms with E-state index in [-0.39, 0.29) is 18.6 Å². The van der Waals surface area contributed by atoms with Gasteiger partial charge in [0.15, 0.2) is 0 Å². The molecule has 0 saturated heterocycles. The molecule has 17 heavy (non-hydrogen) atoms. The molecule has 1 aliphatic carbocycles. The standard InChI is InChI=1S/C12H22F3NO/c1-10-4-2-5-11(8-10,9-16)17-7-3-6-12(13,14)15/h10H,2-9,16H2,1H3. The van der Waals surface area contributed by atoms with Crippen molar-refractivity contribution in [3.8, 4) is 0 Å². The minimum Gasteiger partial charge on any atom is -0.374 e. The lowest BCUT2D eigenvalue weighted by atomic mass is 9.79. The molecule has 2 unspecified atom stereocenters. The molecule has 0 aliphatic heterocycles. The average Bonchev–Trinajstić information content (AvgIpc) is 2.23. The molecule has 0 heterocycles. The van der Waals surface area contributed by atoms with Crippen molar-refractivity contribution in [3.63, 3.8) is 0 Å². The van der Waals surface area contributed by atoms with Crippen LogP contribution in [0.15, 0.2) is 0 Å². The summed E-state index contributed by atoms with van der Waals surface area (Å²) in [5, 5.41) is 0. The van der Waals surface area contributed by atoms with Crippen molar-refractivity contribution >= 4 is 0 Å². The predicted octanol–water partition coefficient (Wildman–Crippen LogP) is 3.25. The third-order valence-corrected chi connectivity index (χ3v) is 3.43. The summed E-state index contributed by atoms with van der Waals surface area (Å²) in [7, 11) is 0. The second-order valence-corrected chi connectivity index (χ2v) is 5.16. The van der Waals surface area contributed by atoms with Crippen molar-refractivity contribution in [2.24, 2.45) is 11.7 Å². The number of ether oxygens (including phenoxy) is 1. The SMILES string of the molecule is CC1CCCC(CN)(OCCCC(F)(F)F)C1. The van der Waals surface area contributed by atoms with Crippen molar-refractivity contribution < 1.29 is 17.9 Å². The van der Waals surface area contributed by atoms with Gasteiger partial charge in [0.1, 0.15) is 0 Å². The first-order chi connectivity index (χ1) is 7.87. The van der Waals surface area contributed by atoms with Gasteiger partial charge < -0.3 is 10.5 Å². The van der Waals surface area contributed by atoms with Crippen LogP contribution in [0.5, 0.6) is 0 Å². The Morgan fingerprint density at radius 1 is 1.41 bits per heavy atom. The number of halogens is 3. The molecular weight excluding hydrogens is 231 g/mol. The van der Waals surface area contributed by atoms with Gasteiger partial charge in [-0.1, -0.05) is 19.8 Å². The quantitative estimate of drug-likeness (QED) is 0.763. The molecule has 2 atom stereocenters. The highest BCUT2D eigenvalue weighted by molar-refractivity contribution is 4.88. The zero-order chi connectivity index (χ0) is 12.9. The van der Waals surface area contributed by atoms with Crippen LogP contribution in [0.1, 0.15) is 45.4 Å². The molecule has 1 rings (SSSR count). The van der Waals surface area contributed by atoms with E-state index in [1.807, 2.05) is 0 Å². The average molecular weight is 253 g/mol. The van der Waals surface area contributed by atoms with E-state index >= 15 is 0 Å². The molecule has 2 N–H and O–H groups in total. The summed E-state index contributed by atoms with van der Waals surface area (Å²) in [6.45, 7) is 2.70. The van der Waals surface area contributed by atoms with E-state index in [0.717, 1.165) is 25.7 Å². The van der Waals surface area contributed by atoms with Gasteiger partial charge in [0, 0.05) is 19.6 Å². The Morgan fingerprint density at radius 2 is 2.12 bits per heavy atom. The van der Waals surface area contributed by atoms with Gasteiger partial charge in [-0.2, -0.15) is 13.2 Å². The first-order valence-electron chi connectivity index (χ1n) is 6.28. The summed E-state index contributed by atoms with van der Waals surface area (Å²) < 4.78 is 41.6. The Bertz CT molecular complexity index is 232. The second kappa shape index (κ2) is 6.05. The zero-order valence-electron chi connectivity index (χ0n) is 10.4. The molecule has 2 nitrogen and oxygen atoms in total. The first kappa shape index (κ1) is 14.8. The van der Waals surface area contributed by atoms with E-state index in [9.17, 15) is 13.2 Å². The lowest BCUT2D eigenvalue weighted by Crippen LogP contribution is -2.44. The molecule has 0 radical (unpaired) electrons. The van der Waals surface area contributed by atoms with Crippen LogP contribution in [0, 0.1) is 5.92 Å². The van der Waals surface area contributed by atoms with E-state index in [1.54, 1.807) is 0 Å². The molecular formula is C12H22F3NO. The molecule has 0 aromatic carbocycles. The van der Waals surface area contributed by atoms with Crippen LogP contribution in [0.25, 0.3) is 0 Å². The number of alkyl halides is 3. The van der Waals surface area contributed by atoms with Gasteiger partial charge in [-0.05, 0) is 25.2 Å². The van der Waals surface area contributed by atoms with E-state index in [4.69, 9.17) is 10.5 Å². The normalized spacial score (nSPS) is 30.5. The monoisotopic (exact) mass is 253 g/mol. The lowest BCUT2D eigenvalue weighted by molar-refractivity contribution is -0.144. The van der Waals surface area contributed by atoms with Crippen molar-refractivity contribution in [2.75, 3.05) is 13.2 Å². The van der Waals surface area contributed by atoms with E-state index < -0.39 is 12.6 Å². The minimum atomic E-state index is -4.08. The highest BCUT2D eigenvalue weighted by Crippen LogP contribution is 2.34. The molecule has 5 heteroatoms. The molecule has 0 aromatic rings. The fourth-order valence-corrected chi connectivity index (χ4v) is 2.55. The first-order valence-corrected chi connectivity index (χ1v) is 6.28. The van der Waals surface area contributed by atoms with Crippen LogP contribution in [0.4, 0.5) is 13.2 Å². The number of nitrogens with two attached hydrogens (primary N) is 1. The molecule has 1 saturated carbocycles. The van der Waals surface area contributed by atoms with E-state index in [0.29, 0.717) is 12.5 Å². The molecule has 0 bridgehead atoms. The zero-order valence-corrected chi connectivity index (χ0v) is 10.4. The van der Waals surface area contributed by atoms with Gasteiger partial charge in [0.25, 0.3) is 0 Å². The molecule has 1 aliphatic rings. The molecule has 1 fully saturated rings. The smallest absolute Gasteiger partial charge is 0.374 e. The fraction of sp³-hybridized carbons (Fsp3) is 1.00. The van der Waals surface area contributed by atoms with Crippen molar-refractivity contribution in [2.45, 2.75) is 57.2 Å². The van der Waals surface area contributed by atoms with Crippen molar-refractivity contribution in [3.05, 3.63) is 0 Å². The molecule has 0 spiro atoms. The largest absolute Gasteiger partial charge is 0.389 e. The Kier molecular flexibility index (Phi) is 5.25. The highest BCUT2D eigenvalue weighted by Gasteiger charge is 2.35. The maximum absolute atomic E-state index is 12.0. The summed E-state index contributed by atoms with van der Waals surface area (Å²) in [4.78, 5) is 0. The van der Waals surface area contributed by atoms with Gasteiger partial charge in [-0.25, -0.2) is 0 Å². The summed E-state index contributed by atoms with van der Waals surface area (Å²) >= 11 is 0. The van der Waals surface area contributed by atoms with Crippen LogP contribution >= 0.6 is 0 Å². The Hall–Kier alpha value is -0.290. The third-order valence-electron chi connectivity index (χ3n) is 3.43. The molecule has 102 valence electrons. The summed E-state index contributed by atoms with van der Waals surface area (Å²) in [6, 6.07) is 0. The van der Waals surface area contributed by atoms with Crippen LogP contribution in [0.2, 0.25) is 0 Å².